The summed E-state index contributed by atoms with van der Waals surface area (Å²) >= 11 is 0. The van der Waals surface area contributed by atoms with E-state index in [1.807, 2.05) is 39.5 Å². The molecule has 3 aliphatic heterocycles. The molecule has 0 aliphatic carbocycles. The molecule has 2 unspecified atom stereocenters. The highest BCUT2D eigenvalue weighted by Gasteiger charge is 2.79. The molecular formula is C33H54N2O6. The van der Waals surface area contributed by atoms with E-state index in [0.717, 1.165) is 12.8 Å². The third-order valence-electron chi connectivity index (χ3n) is 9.12. The minimum Gasteiger partial charge on any atom is -0.465 e. The first kappa shape index (κ1) is 33.3. The summed E-state index contributed by atoms with van der Waals surface area (Å²) in [7, 11) is 0. The minimum absolute atomic E-state index is 0.0588. The molecule has 3 heterocycles. The van der Waals surface area contributed by atoms with Crippen molar-refractivity contribution in [1.82, 2.24) is 9.80 Å². The van der Waals surface area contributed by atoms with Crippen LogP contribution < -0.4 is 0 Å². The van der Waals surface area contributed by atoms with Crippen molar-refractivity contribution in [3.8, 4) is 0 Å². The van der Waals surface area contributed by atoms with E-state index in [9.17, 15) is 19.5 Å². The van der Waals surface area contributed by atoms with Crippen molar-refractivity contribution in [2.75, 3.05) is 19.8 Å². The third-order valence-corrected chi connectivity index (χ3v) is 9.12. The summed E-state index contributed by atoms with van der Waals surface area (Å²) in [5.74, 6) is -2.46. The Hall–Kier alpha value is -2.19. The first-order valence-electron chi connectivity index (χ1n) is 15.3. The highest BCUT2D eigenvalue weighted by atomic mass is 16.6. The van der Waals surface area contributed by atoms with E-state index in [1.165, 1.54) is 0 Å². The number of aliphatic hydroxyl groups is 1. The van der Waals surface area contributed by atoms with Crippen LogP contribution in [-0.2, 0) is 23.9 Å². The third kappa shape index (κ3) is 6.29. The lowest BCUT2D eigenvalue weighted by Crippen LogP contribution is -2.62. The lowest BCUT2D eigenvalue weighted by atomic mass is 9.66. The molecule has 8 heteroatoms. The number of hydrogen-bond acceptors (Lipinski definition) is 6. The highest BCUT2D eigenvalue weighted by molar-refractivity contribution is 5.99. The van der Waals surface area contributed by atoms with E-state index in [2.05, 4.69) is 33.9 Å². The Morgan fingerprint density at radius 2 is 1.85 bits per heavy atom. The maximum Gasteiger partial charge on any atom is 0.312 e. The summed E-state index contributed by atoms with van der Waals surface area (Å²) in [4.78, 5) is 46.3. The fraction of sp³-hybridized carbons (Fsp3) is 0.788. The zero-order chi connectivity index (χ0) is 31.0. The molecule has 3 rings (SSSR count). The van der Waals surface area contributed by atoms with Crippen molar-refractivity contribution in [3.05, 3.63) is 25.3 Å². The van der Waals surface area contributed by atoms with E-state index in [1.54, 1.807) is 17.1 Å². The number of hydrogen-bond donors (Lipinski definition) is 1. The number of unbranched alkanes of at least 4 members (excludes halogenated alkanes) is 1. The van der Waals surface area contributed by atoms with Gasteiger partial charge < -0.3 is 24.4 Å². The van der Waals surface area contributed by atoms with Crippen LogP contribution in [0.15, 0.2) is 25.3 Å². The fourth-order valence-corrected chi connectivity index (χ4v) is 8.01. The van der Waals surface area contributed by atoms with Crippen LogP contribution in [0.2, 0.25) is 0 Å². The number of carbonyl (C=O) groups excluding carboxylic acids is 3. The Bertz CT molecular complexity index is 1020. The Labute approximate surface area is 247 Å². The molecule has 1 N–H and O–H groups in total. The van der Waals surface area contributed by atoms with Gasteiger partial charge >= 0.3 is 5.97 Å². The molecule has 2 amide bonds. The molecule has 0 saturated carbocycles. The summed E-state index contributed by atoms with van der Waals surface area (Å²) in [5.41, 5.74) is -2.69. The second-order valence-corrected chi connectivity index (χ2v) is 14.8. The molecule has 0 aromatic heterocycles. The molecule has 0 aromatic rings. The van der Waals surface area contributed by atoms with Crippen LogP contribution in [0.1, 0.15) is 93.9 Å². The monoisotopic (exact) mass is 574 g/mol. The SMILES string of the molecule is C=CCCCOC(=O)[C@H]1[C@H]2C(=O)N([C@@H](CO)CC(C)C)C(C(=O)N(CC=C)C(C)(C)CC(C)(C)C)C23CC[C@]1(C)O3. The number of fused-ring (bicyclic) bond motifs is 1. The van der Waals surface area contributed by atoms with E-state index in [0.29, 0.717) is 32.2 Å². The summed E-state index contributed by atoms with van der Waals surface area (Å²) in [6.07, 6.45) is 7.14. The average molecular weight is 575 g/mol. The molecule has 2 bridgehead atoms. The Morgan fingerprint density at radius 3 is 2.39 bits per heavy atom. The maximum absolute atomic E-state index is 14.9. The predicted octanol–water partition coefficient (Wildman–Crippen LogP) is 4.90. The van der Waals surface area contributed by atoms with Crippen molar-refractivity contribution < 1.29 is 29.0 Å². The number of allylic oxidation sites excluding steroid dienone is 1. The van der Waals surface area contributed by atoms with Crippen LogP contribution >= 0.6 is 0 Å². The minimum atomic E-state index is -1.17. The van der Waals surface area contributed by atoms with Gasteiger partial charge in [0, 0.05) is 12.1 Å². The molecule has 3 fully saturated rings. The summed E-state index contributed by atoms with van der Waals surface area (Å²) in [5, 5.41) is 10.6. The lowest BCUT2D eigenvalue weighted by Gasteiger charge is -2.46. The normalized spacial score (nSPS) is 30.0. The highest BCUT2D eigenvalue weighted by Crippen LogP contribution is 2.64. The molecule has 1 spiro atoms. The summed E-state index contributed by atoms with van der Waals surface area (Å²) in [6.45, 7) is 24.4. The van der Waals surface area contributed by atoms with Crippen LogP contribution in [0, 0.1) is 23.2 Å². The molecule has 0 radical (unpaired) electrons. The van der Waals surface area contributed by atoms with E-state index in [4.69, 9.17) is 9.47 Å². The topological polar surface area (TPSA) is 96.4 Å². The summed E-state index contributed by atoms with van der Waals surface area (Å²) in [6, 6.07) is -1.54. The molecule has 6 atom stereocenters. The van der Waals surface area contributed by atoms with Gasteiger partial charge in [-0.1, -0.05) is 46.8 Å². The van der Waals surface area contributed by atoms with Gasteiger partial charge in [-0.3, -0.25) is 14.4 Å². The van der Waals surface area contributed by atoms with Gasteiger partial charge in [-0.2, -0.15) is 0 Å². The van der Waals surface area contributed by atoms with E-state index in [-0.39, 0.29) is 36.4 Å². The summed E-state index contributed by atoms with van der Waals surface area (Å²) < 4.78 is 12.5. The zero-order valence-corrected chi connectivity index (χ0v) is 26.7. The van der Waals surface area contributed by atoms with Crippen molar-refractivity contribution in [2.45, 2.75) is 123 Å². The number of carbonyl (C=O) groups is 3. The Morgan fingerprint density at radius 1 is 1.20 bits per heavy atom. The number of ether oxygens (including phenoxy) is 2. The standard InChI is InChI=1S/C33H54N2O6/c1-11-13-14-18-40-29(39)25-24-27(37)35(23(20-36)19-22(3)4)26(33(24)16-15-32(25,10)41-33)28(38)34(17-12-2)31(8,9)21-30(5,6)7/h11-12,22-26,36H,1-2,13-21H2,3-10H3/t23-,24+,25-,26?,32+,33?/m1/s1. The molecule has 8 nitrogen and oxygen atoms in total. The second-order valence-electron chi connectivity index (χ2n) is 14.8. The van der Waals surface area contributed by atoms with Gasteiger partial charge in [0.15, 0.2) is 0 Å². The molecule has 3 aliphatic rings. The van der Waals surface area contributed by atoms with Crippen molar-refractivity contribution in [2.24, 2.45) is 23.2 Å². The first-order chi connectivity index (χ1) is 19.0. The average Bonchev–Trinajstić information content (AvgIpc) is 3.42. The second kappa shape index (κ2) is 12.2. The maximum atomic E-state index is 14.9. The van der Waals surface area contributed by atoms with Crippen LogP contribution in [-0.4, -0.2) is 81.3 Å². The van der Waals surface area contributed by atoms with Gasteiger partial charge in [-0.15, -0.1) is 13.2 Å². The van der Waals surface area contributed by atoms with Crippen molar-refractivity contribution in [3.63, 3.8) is 0 Å². The van der Waals surface area contributed by atoms with Crippen LogP contribution in [0.25, 0.3) is 0 Å². The zero-order valence-electron chi connectivity index (χ0n) is 26.7. The van der Waals surface area contributed by atoms with Gasteiger partial charge in [-0.05, 0) is 70.6 Å². The number of aliphatic hydroxyl groups excluding tert-OH is 1. The Balaban J connectivity index is 2.12. The van der Waals surface area contributed by atoms with Gasteiger partial charge in [-0.25, -0.2) is 0 Å². The molecular weight excluding hydrogens is 520 g/mol. The van der Waals surface area contributed by atoms with Crippen LogP contribution in [0.4, 0.5) is 0 Å². The molecule has 232 valence electrons. The molecule has 41 heavy (non-hydrogen) atoms. The van der Waals surface area contributed by atoms with Gasteiger partial charge in [0.1, 0.15) is 17.6 Å². The predicted molar refractivity (Wildman–Crippen MR) is 160 cm³/mol. The van der Waals surface area contributed by atoms with Crippen LogP contribution in [0.5, 0.6) is 0 Å². The number of nitrogens with zero attached hydrogens (tertiary/aromatic N) is 2. The number of amides is 2. The van der Waals surface area contributed by atoms with Gasteiger partial charge in [0.05, 0.1) is 30.8 Å². The smallest absolute Gasteiger partial charge is 0.312 e. The van der Waals surface area contributed by atoms with E-state index < -0.39 is 46.6 Å². The Kier molecular flexibility index (Phi) is 9.91. The van der Waals surface area contributed by atoms with E-state index >= 15 is 0 Å². The quantitative estimate of drug-likeness (QED) is 0.180. The number of esters is 1. The van der Waals surface area contributed by atoms with Gasteiger partial charge in [0.2, 0.25) is 11.8 Å². The van der Waals surface area contributed by atoms with Crippen molar-refractivity contribution in [1.29, 1.82) is 0 Å². The molecule has 3 saturated heterocycles. The molecule has 0 aromatic carbocycles. The lowest BCUT2D eigenvalue weighted by molar-refractivity contribution is -0.163. The van der Waals surface area contributed by atoms with Crippen LogP contribution in [0.3, 0.4) is 0 Å². The van der Waals surface area contributed by atoms with Crippen molar-refractivity contribution >= 4 is 17.8 Å². The van der Waals surface area contributed by atoms with Gasteiger partial charge in [0.25, 0.3) is 0 Å². The number of rotatable bonds is 14. The number of likely N-dealkylation sites (tertiary alicyclic amines) is 1. The largest absolute Gasteiger partial charge is 0.465 e. The fourth-order valence-electron chi connectivity index (χ4n) is 8.01. The first-order valence-corrected chi connectivity index (χ1v) is 15.3.